The van der Waals surface area contributed by atoms with Crippen molar-refractivity contribution in [1.82, 2.24) is 0 Å². The highest BCUT2D eigenvalue weighted by Crippen LogP contribution is 2.06. The number of aliphatic carboxylic acids is 1. The van der Waals surface area contributed by atoms with Gasteiger partial charge in [0.05, 0.1) is 25.4 Å². The SMILES string of the molecule is CC(C)(C)OCCOCC(C)(N)C(=O)O. The molecule has 0 spiro atoms. The van der Waals surface area contributed by atoms with E-state index in [0.717, 1.165) is 0 Å². The smallest absolute Gasteiger partial charge is 0.325 e. The van der Waals surface area contributed by atoms with Gasteiger partial charge in [-0.25, -0.2) is 0 Å². The Bertz CT molecular complexity index is 208. The van der Waals surface area contributed by atoms with E-state index in [1.165, 1.54) is 6.92 Å². The van der Waals surface area contributed by atoms with Crippen LogP contribution in [0.4, 0.5) is 0 Å². The van der Waals surface area contributed by atoms with Crippen molar-refractivity contribution in [1.29, 1.82) is 0 Å². The molecule has 0 fully saturated rings. The summed E-state index contributed by atoms with van der Waals surface area (Å²) in [6.45, 7) is 8.00. The van der Waals surface area contributed by atoms with Crippen molar-refractivity contribution in [2.75, 3.05) is 19.8 Å². The normalized spacial score (nSPS) is 16.1. The van der Waals surface area contributed by atoms with Crippen LogP contribution in [0.1, 0.15) is 27.7 Å². The van der Waals surface area contributed by atoms with Gasteiger partial charge in [-0.15, -0.1) is 0 Å². The molecule has 0 saturated carbocycles. The number of ether oxygens (including phenoxy) is 2. The average Bonchev–Trinajstić information content (AvgIpc) is 2.00. The van der Waals surface area contributed by atoms with E-state index in [4.69, 9.17) is 20.3 Å². The van der Waals surface area contributed by atoms with E-state index in [0.29, 0.717) is 13.2 Å². The Hall–Kier alpha value is -0.650. The third kappa shape index (κ3) is 7.30. The topological polar surface area (TPSA) is 81.8 Å². The molecule has 1 atom stereocenters. The second-order valence-electron chi connectivity index (χ2n) is 4.74. The van der Waals surface area contributed by atoms with Crippen molar-refractivity contribution >= 4 is 5.97 Å². The van der Waals surface area contributed by atoms with Crippen molar-refractivity contribution in [3.63, 3.8) is 0 Å². The summed E-state index contributed by atoms with van der Waals surface area (Å²) in [6, 6.07) is 0. The summed E-state index contributed by atoms with van der Waals surface area (Å²) in [5, 5.41) is 8.69. The fourth-order valence-electron chi connectivity index (χ4n) is 0.753. The number of hydrogen-bond acceptors (Lipinski definition) is 4. The molecule has 3 N–H and O–H groups in total. The van der Waals surface area contributed by atoms with Crippen molar-refractivity contribution in [3.8, 4) is 0 Å². The van der Waals surface area contributed by atoms with Gasteiger partial charge in [-0.05, 0) is 27.7 Å². The summed E-state index contributed by atoms with van der Waals surface area (Å²) in [5.74, 6) is -1.07. The van der Waals surface area contributed by atoms with Crippen LogP contribution in [0.25, 0.3) is 0 Å². The van der Waals surface area contributed by atoms with Crippen LogP contribution < -0.4 is 5.73 Å². The maximum Gasteiger partial charge on any atom is 0.325 e. The standard InChI is InChI=1S/C10H21NO4/c1-9(2,3)15-6-5-14-7-10(4,11)8(12)13/h5-7,11H2,1-4H3,(H,12,13). The van der Waals surface area contributed by atoms with Gasteiger partial charge in [-0.2, -0.15) is 0 Å². The summed E-state index contributed by atoms with van der Waals surface area (Å²) >= 11 is 0. The first-order chi connectivity index (χ1) is 6.65. The van der Waals surface area contributed by atoms with Gasteiger partial charge in [0.25, 0.3) is 0 Å². The number of rotatable bonds is 6. The molecule has 0 aliphatic heterocycles. The third-order valence-corrected chi connectivity index (χ3v) is 1.65. The van der Waals surface area contributed by atoms with Gasteiger partial charge in [0, 0.05) is 0 Å². The predicted molar refractivity (Wildman–Crippen MR) is 56.8 cm³/mol. The van der Waals surface area contributed by atoms with Crippen molar-refractivity contribution in [2.24, 2.45) is 5.73 Å². The molecule has 0 rings (SSSR count). The van der Waals surface area contributed by atoms with Gasteiger partial charge < -0.3 is 20.3 Å². The highest BCUT2D eigenvalue weighted by atomic mass is 16.5. The molecule has 0 amide bonds. The first-order valence-corrected chi connectivity index (χ1v) is 4.89. The van der Waals surface area contributed by atoms with Crippen LogP contribution in [0.3, 0.4) is 0 Å². The van der Waals surface area contributed by atoms with E-state index in [2.05, 4.69) is 0 Å². The molecule has 0 radical (unpaired) electrons. The van der Waals surface area contributed by atoms with Gasteiger partial charge in [-0.1, -0.05) is 0 Å². The molecule has 15 heavy (non-hydrogen) atoms. The minimum atomic E-state index is -1.33. The zero-order valence-electron chi connectivity index (χ0n) is 9.87. The minimum absolute atomic E-state index is 0.0180. The van der Waals surface area contributed by atoms with Gasteiger partial charge >= 0.3 is 5.97 Å². The molecule has 0 saturated heterocycles. The van der Waals surface area contributed by atoms with E-state index in [1.807, 2.05) is 20.8 Å². The van der Waals surface area contributed by atoms with Crippen molar-refractivity contribution in [3.05, 3.63) is 0 Å². The quantitative estimate of drug-likeness (QED) is 0.640. The maximum absolute atomic E-state index is 10.6. The molecule has 0 aromatic heterocycles. The van der Waals surface area contributed by atoms with Gasteiger partial charge in [0.1, 0.15) is 5.54 Å². The summed E-state index contributed by atoms with van der Waals surface area (Å²) in [4.78, 5) is 10.6. The fourth-order valence-corrected chi connectivity index (χ4v) is 0.753. The van der Waals surface area contributed by atoms with Gasteiger partial charge in [-0.3, -0.25) is 4.79 Å². The van der Waals surface area contributed by atoms with Crippen LogP contribution in [0.2, 0.25) is 0 Å². The third-order valence-electron chi connectivity index (χ3n) is 1.65. The predicted octanol–water partition coefficient (Wildman–Crippen LogP) is 0.620. The average molecular weight is 219 g/mol. The van der Waals surface area contributed by atoms with Crippen LogP contribution in [0, 0.1) is 0 Å². The molecule has 5 nitrogen and oxygen atoms in total. The maximum atomic E-state index is 10.6. The molecule has 90 valence electrons. The molecule has 0 aromatic rings. The van der Waals surface area contributed by atoms with E-state index in [1.54, 1.807) is 0 Å². The Morgan fingerprint density at radius 3 is 2.20 bits per heavy atom. The Balaban J connectivity index is 3.60. The fraction of sp³-hybridized carbons (Fsp3) is 0.900. The van der Waals surface area contributed by atoms with E-state index >= 15 is 0 Å². The molecule has 1 unspecified atom stereocenters. The Labute approximate surface area is 90.5 Å². The number of hydrogen-bond donors (Lipinski definition) is 2. The van der Waals surface area contributed by atoms with E-state index in [9.17, 15) is 4.79 Å². The van der Waals surface area contributed by atoms with Crippen LogP contribution in [-0.4, -0.2) is 42.0 Å². The minimum Gasteiger partial charge on any atom is -0.480 e. The van der Waals surface area contributed by atoms with Crippen LogP contribution in [-0.2, 0) is 14.3 Å². The zero-order chi connectivity index (χ0) is 12.1. The molecule has 5 heteroatoms. The lowest BCUT2D eigenvalue weighted by atomic mass is 10.1. The molecule has 0 heterocycles. The van der Waals surface area contributed by atoms with Crippen LogP contribution >= 0.6 is 0 Å². The van der Waals surface area contributed by atoms with Gasteiger partial charge in [0.2, 0.25) is 0 Å². The molecule has 0 aliphatic carbocycles. The van der Waals surface area contributed by atoms with Crippen LogP contribution in [0.15, 0.2) is 0 Å². The first kappa shape index (κ1) is 14.3. The molecular formula is C10H21NO4. The lowest BCUT2D eigenvalue weighted by molar-refractivity contribution is -0.145. The Morgan fingerprint density at radius 2 is 1.80 bits per heavy atom. The van der Waals surface area contributed by atoms with Crippen molar-refractivity contribution < 1.29 is 19.4 Å². The van der Waals surface area contributed by atoms with E-state index in [-0.39, 0.29) is 12.2 Å². The monoisotopic (exact) mass is 219 g/mol. The highest BCUT2D eigenvalue weighted by molar-refractivity contribution is 5.77. The summed E-state index contributed by atoms with van der Waals surface area (Å²) in [6.07, 6.45) is 0. The molecule has 0 aromatic carbocycles. The first-order valence-electron chi connectivity index (χ1n) is 4.89. The van der Waals surface area contributed by atoms with Crippen molar-refractivity contribution in [2.45, 2.75) is 38.8 Å². The van der Waals surface area contributed by atoms with Crippen LogP contribution in [0.5, 0.6) is 0 Å². The lowest BCUT2D eigenvalue weighted by Gasteiger charge is -2.21. The number of carbonyl (C=O) groups is 1. The number of nitrogens with two attached hydrogens (primary N) is 1. The summed E-state index contributed by atoms with van der Waals surface area (Å²) in [5.41, 5.74) is 3.92. The van der Waals surface area contributed by atoms with E-state index < -0.39 is 11.5 Å². The Kier molecular flexibility index (Phi) is 5.20. The Morgan fingerprint density at radius 1 is 1.27 bits per heavy atom. The molecular weight excluding hydrogens is 198 g/mol. The second-order valence-corrected chi connectivity index (χ2v) is 4.74. The lowest BCUT2D eigenvalue weighted by Crippen LogP contribution is -2.49. The summed E-state index contributed by atoms with van der Waals surface area (Å²) < 4.78 is 10.5. The largest absolute Gasteiger partial charge is 0.480 e. The van der Waals surface area contributed by atoms with Gasteiger partial charge in [0.15, 0.2) is 0 Å². The zero-order valence-corrected chi connectivity index (χ0v) is 9.87. The number of carboxylic acid groups (broad SMARTS) is 1. The molecule has 0 aliphatic rings. The molecule has 0 bridgehead atoms. The second kappa shape index (κ2) is 5.44. The number of carboxylic acids is 1. The highest BCUT2D eigenvalue weighted by Gasteiger charge is 2.27. The summed E-state index contributed by atoms with van der Waals surface area (Å²) in [7, 11) is 0.